The largest absolute Gasteiger partial charge is 0.328 e. The Bertz CT molecular complexity index is 671. The molecule has 1 N–H and O–H groups in total. The van der Waals surface area contributed by atoms with Crippen LogP contribution in [0.15, 0.2) is 35.3 Å². The van der Waals surface area contributed by atoms with E-state index in [4.69, 9.17) is 5.26 Å². The summed E-state index contributed by atoms with van der Waals surface area (Å²) in [7, 11) is 0. The maximum atomic E-state index is 13.5. The second-order valence-corrected chi connectivity index (χ2v) is 3.33. The highest BCUT2D eigenvalue weighted by molar-refractivity contribution is 5.70. The highest BCUT2D eigenvalue weighted by atomic mass is 19.1. The molecule has 0 fully saturated rings. The van der Waals surface area contributed by atoms with Crippen molar-refractivity contribution in [1.82, 2.24) is 4.98 Å². The van der Waals surface area contributed by atoms with Crippen molar-refractivity contribution >= 4 is 0 Å². The number of hydrogen-bond donors (Lipinski definition) is 1. The first kappa shape index (κ1) is 11.0. The molecule has 1 aromatic carbocycles. The highest BCUT2D eigenvalue weighted by Gasteiger charge is 2.12. The number of nitrogens with one attached hydrogen (secondary N) is 1. The van der Waals surface area contributed by atoms with Gasteiger partial charge in [0.05, 0.1) is 0 Å². The molecule has 0 spiro atoms. The molecule has 0 saturated carbocycles. The molecule has 0 radical (unpaired) electrons. The van der Waals surface area contributed by atoms with Gasteiger partial charge in [0.1, 0.15) is 23.3 Å². The molecule has 0 amide bonds. The minimum absolute atomic E-state index is 0.0223. The van der Waals surface area contributed by atoms with E-state index in [1.54, 1.807) is 6.07 Å². The Kier molecular flexibility index (Phi) is 2.71. The summed E-state index contributed by atoms with van der Waals surface area (Å²) in [4.78, 5) is 13.7. The molecular weight excluding hydrogens is 226 g/mol. The van der Waals surface area contributed by atoms with Crippen LogP contribution in [0.4, 0.5) is 8.78 Å². The SMILES string of the molecule is N#Cc1c(-c2ccc(F)cc2F)cc[nH]c1=O. The first-order valence-electron chi connectivity index (χ1n) is 4.70. The van der Waals surface area contributed by atoms with Crippen molar-refractivity contribution in [1.29, 1.82) is 5.26 Å². The Labute approximate surface area is 95.0 Å². The topological polar surface area (TPSA) is 56.6 Å². The molecule has 2 rings (SSSR count). The Morgan fingerprint density at radius 2 is 1.94 bits per heavy atom. The lowest BCUT2D eigenvalue weighted by atomic mass is 10.0. The summed E-state index contributed by atoms with van der Waals surface area (Å²) in [5.74, 6) is -1.53. The molecule has 0 unspecified atom stereocenters. The molecule has 0 saturated heterocycles. The number of pyridine rings is 1. The van der Waals surface area contributed by atoms with E-state index in [1.165, 1.54) is 18.3 Å². The van der Waals surface area contributed by atoms with E-state index in [0.29, 0.717) is 6.07 Å². The van der Waals surface area contributed by atoms with Crippen LogP contribution >= 0.6 is 0 Å². The summed E-state index contributed by atoms with van der Waals surface area (Å²) in [6.07, 6.45) is 1.31. The molecule has 84 valence electrons. The number of hydrogen-bond acceptors (Lipinski definition) is 2. The van der Waals surface area contributed by atoms with Crippen LogP contribution in [-0.2, 0) is 0 Å². The number of aromatic nitrogens is 1. The fourth-order valence-corrected chi connectivity index (χ4v) is 1.52. The van der Waals surface area contributed by atoms with E-state index < -0.39 is 17.2 Å². The average molecular weight is 232 g/mol. The van der Waals surface area contributed by atoms with Crippen LogP contribution in [0.1, 0.15) is 5.56 Å². The Hall–Kier alpha value is -2.48. The van der Waals surface area contributed by atoms with Gasteiger partial charge in [-0.15, -0.1) is 0 Å². The number of rotatable bonds is 1. The molecule has 0 bridgehead atoms. The lowest BCUT2D eigenvalue weighted by Crippen LogP contribution is -2.10. The molecular formula is C12H6F2N2O. The van der Waals surface area contributed by atoms with Crippen LogP contribution in [0.2, 0.25) is 0 Å². The normalized spacial score (nSPS) is 9.94. The summed E-state index contributed by atoms with van der Waals surface area (Å²) < 4.78 is 26.3. The lowest BCUT2D eigenvalue weighted by molar-refractivity contribution is 0.585. The Balaban J connectivity index is 2.74. The van der Waals surface area contributed by atoms with Gasteiger partial charge in [-0.25, -0.2) is 8.78 Å². The highest BCUT2D eigenvalue weighted by Crippen LogP contribution is 2.24. The summed E-state index contributed by atoms with van der Waals surface area (Å²) in [6, 6.07) is 6.07. The zero-order valence-corrected chi connectivity index (χ0v) is 8.50. The van der Waals surface area contributed by atoms with Gasteiger partial charge in [-0.3, -0.25) is 4.79 Å². The molecule has 1 aromatic heterocycles. The Morgan fingerprint density at radius 1 is 1.18 bits per heavy atom. The van der Waals surface area contributed by atoms with Crippen molar-refractivity contribution in [3.63, 3.8) is 0 Å². The number of nitrogens with zero attached hydrogens (tertiary/aromatic N) is 1. The second kappa shape index (κ2) is 4.18. The van der Waals surface area contributed by atoms with Gasteiger partial charge >= 0.3 is 0 Å². The number of nitriles is 1. The fourth-order valence-electron chi connectivity index (χ4n) is 1.52. The van der Waals surface area contributed by atoms with Crippen LogP contribution in [-0.4, -0.2) is 4.98 Å². The third-order valence-corrected chi connectivity index (χ3v) is 2.29. The second-order valence-electron chi connectivity index (χ2n) is 3.33. The van der Waals surface area contributed by atoms with Gasteiger partial charge in [0, 0.05) is 23.4 Å². The van der Waals surface area contributed by atoms with E-state index >= 15 is 0 Å². The molecule has 0 aliphatic carbocycles. The first-order chi connectivity index (χ1) is 8.13. The number of benzene rings is 1. The van der Waals surface area contributed by atoms with Crippen molar-refractivity contribution in [3.05, 3.63) is 58.0 Å². The Morgan fingerprint density at radius 3 is 2.59 bits per heavy atom. The maximum Gasteiger partial charge on any atom is 0.266 e. The smallest absolute Gasteiger partial charge is 0.266 e. The van der Waals surface area contributed by atoms with Crippen molar-refractivity contribution in [2.45, 2.75) is 0 Å². The molecule has 0 atom stereocenters. The van der Waals surface area contributed by atoms with Gasteiger partial charge in [-0.1, -0.05) is 0 Å². The third kappa shape index (κ3) is 1.93. The van der Waals surface area contributed by atoms with Crippen molar-refractivity contribution in [2.24, 2.45) is 0 Å². The van der Waals surface area contributed by atoms with Crippen LogP contribution in [0.5, 0.6) is 0 Å². The number of aromatic amines is 1. The third-order valence-electron chi connectivity index (χ3n) is 2.29. The molecule has 3 nitrogen and oxygen atoms in total. The maximum absolute atomic E-state index is 13.5. The number of halogens is 2. The van der Waals surface area contributed by atoms with E-state index in [2.05, 4.69) is 4.98 Å². The van der Waals surface area contributed by atoms with E-state index in [-0.39, 0.29) is 16.7 Å². The van der Waals surface area contributed by atoms with Crippen molar-refractivity contribution < 1.29 is 8.78 Å². The summed E-state index contributed by atoms with van der Waals surface area (Å²) in [5, 5.41) is 8.84. The molecule has 0 aliphatic rings. The number of H-pyrrole nitrogens is 1. The average Bonchev–Trinajstić information content (AvgIpc) is 2.29. The van der Waals surface area contributed by atoms with E-state index in [9.17, 15) is 13.6 Å². The van der Waals surface area contributed by atoms with E-state index in [1.807, 2.05) is 0 Å². The molecule has 2 aromatic rings. The molecule has 0 aliphatic heterocycles. The molecule has 5 heteroatoms. The zero-order chi connectivity index (χ0) is 12.4. The van der Waals surface area contributed by atoms with Crippen LogP contribution in [0.25, 0.3) is 11.1 Å². The zero-order valence-electron chi connectivity index (χ0n) is 8.50. The van der Waals surface area contributed by atoms with Gasteiger partial charge in [0.25, 0.3) is 5.56 Å². The predicted octanol–water partition coefficient (Wildman–Crippen LogP) is 2.19. The van der Waals surface area contributed by atoms with Crippen molar-refractivity contribution in [2.75, 3.05) is 0 Å². The summed E-state index contributed by atoms with van der Waals surface area (Å²) >= 11 is 0. The quantitative estimate of drug-likeness (QED) is 0.819. The standard InChI is InChI=1S/C12H6F2N2O/c13-7-1-2-9(11(14)5-7)8-3-4-16-12(17)10(8)6-15/h1-5H,(H,16,17). The summed E-state index contributed by atoms with van der Waals surface area (Å²) in [5.41, 5.74) is -0.630. The molecule has 1 heterocycles. The minimum atomic E-state index is -0.813. The summed E-state index contributed by atoms with van der Waals surface area (Å²) in [6.45, 7) is 0. The molecule has 17 heavy (non-hydrogen) atoms. The van der Waals surface area contributed by atoms with Gasteiger partial charge < -0.3 is 4.98 Å². The van der Waals surface area contributed by atoms with Crippen LogP contribution < -0.4 is 5.56 Å². The van der Waals surface area contributed by atoms with Gasteiger partial charge in [0.15, 0.2) is 0 Å². The van der Waals surface area contributed by atoms with Gasteiger partial charge in [0.2, 0.25) is 0 Å². The van der Waals surface area contributed by atoms with Crippen molar-refractivity contribution in [3.8, 4) is 17.2 Å². The predicted molar refractivity (Wildman–Crippen MR) is 57.1 cm³/mol. The van der Waals surface area contributed by atoms with Crippen LogP contribution in [0, 0.1) is 23.0 Å². The minimum Gasteiger partial charge on any atom is -0.328 e. The first-order valence-corrected chi connectivity index (χ1v) is 4.70. The van der Waals surface area contributed by atoms with Gasteiger partial charge in [-0.2, -0.15) is 5.26 Å². The van der Waals surface area contributed by atoms with Crippen LogP contribution in [0.3, 0.4) is 0 Å². The monoisotopic (exact) mass is 232 g/mol. The van der Waals surface area contributed by atoms with Gasteiger partial charge in [-0.05, 0) is 18.2 Å². The van der Waals surface area contributed by atoms with E-state index in [0.717, 1.165) is 6.07 Å². The lowest BCUT2D eigenvalue weighted by Gasteiger charge is -2.04. The fraction of sp³-hybridized carbons (Fsp3) is 0.